The molecule has 0 aromatic heterocycles. The van der Waals surface area contributed by atoms with Gasteiger partial charge in [-0.2, -0.15) is 11.8 Å². The van der Waals surface area contributed by atoms with Crippen LogP contribution < -0.4 is 5.32 Å². The van der Waals surface area contributed by atoms with E-state index in [2.05, 4.69) is 5.32 Å². The second-order valence-corrected chi connectivity index (χ2v) is 4.78. The van der Waals surface area contributed by atoms with E-state index in [1.54, 1.807) is 0 Å². The third-order valence-electron chi connectivity index (χ3n) is 2.25. The molecule has 0 spiro atoms. The Morgan fingerprint density at radius 3 is 2.86 bits per heavy atom. The Labute approximate surface area is 90.0 Å². The predicted molar refractivity (Wildman–Crippen MR) is 59.6 cm³/mol. The van der Waals surface area contributed by atoms with Crippen LogP contribution in [0, 0.1) is 0 Å². The van der Waals surface area contributed by atoms with Gasteiger partial charge in [-0.25, -0.2) is 0 Å². The number of carbonyl (C=O) groups excluding carboxylic acids is 1. The number of nitrogens with one attached hydrogen (secondary N) is 1. The zero-order valence-corrected chi connectivity index (χ0v) is 9.57. The summed E-state index contributed by atoms with van der Waals surface area (Å²) in [4.78, 5) is 11.0. The van der Waals surface area contributed by atoms with Crippen molar-refractivity contribution in [3.05, 3.63) is 0 Å². The molecule has 1 saturated heterocycles. The molecule has 1 fully saturated rings. The van der Waals surface area contributed by atoms with E-state index in [4.69, 9.17) is 4.74 Å². The van der Waals surface area contributed by atoms with Crippen LogP contribution in [0.1, 0.15) is 26.2 Å². The van der Waals surface area contributed by atoms with Crippen molar-refractivity contribution in [2.24, 2.45) is 0 Å². The fourth-order valence-corrected chi connectivity index (χ4v) is 2.69. The van der Waals surface area contributed by atoms with Gasteiger partial charge in [0, 0.05) is 11.0 Å². The SMILES string of the molecule is CCOC(=O)CCSC1CCNCC1. The van der Waals surface area contributed by atoms with E-state index < -0.39 is 0 Å². The van der Waals surface area contributed by atoms with Crippen molar-refractivity contribution in [2.75, 3.05) is 25.4 Å². The highest BCUT2D eigenvalue weighted by atomic mass is 32.2. The maximum atomic E-state index is 11.0. The van der Waals surface area contributed by atoms with Crippen molar-refractivity contribution < 1.29 is 9.53 Å². The third-order valence-corrected chi connectivity index (χ3v) is 3.63. The van der Waals surface area contributed by atoms with E-state index >= 15 is 0 Å². The lowest BCUT2D eigenvalue weighted by Crippen LogP contribution is -2.29. The van der Waals surface area contributed by atoms with Crippen LogP contribution in [0.5, 0.6) is 0 Å². The Kier molecular flexibility index (Phi) is 6.03. The highest BCUT2D eigenvalue weighted by Gasteiger charge is 2.13. The number of hydrogen-bond acceptors (Lipinski definition) is 4. The minimum Gasteiger partial charge on any atom is -0.466 e. The van der Waals surface area contributed by atoms with E-state index in [1.165, 1.54) is 12.8 Å². The molecule has 4 heteroatoms. The highest BCUT2D eigenvalue weighted by Crippen LogP contribution is 2.20. The van der Waals surface area contributed by atoms with E-state index in [-0.39, 0.29) is 5.97 Å². The number of ether oxygens (including phenoxy) is 1. The molecule has 0 atom stereocenters. The van der Waals surface area contributed by atoms with Crippen LogP contribution in [0.3, 0.4) is 0 Å². The average molecular weight is 217 g/mol. The van der Waals surface area contributed by atoms with Crippen molar-refractivity contribution in [3.8, 4) is 0 Å². The summed E-state index contributed by atoms with van der Waals surface area (Å²) >= 11 is 1.91. The summed E-state index contributed by atoms with van der Waals surface area (Å²) in [5, 5.41) is 4.07. The Hall–Kier alpha value is -0.220. The lowest BCUT2D eigenvalue weighted by atomic mass is 10.2. The molecule has 0 unspecified atom stereocenters. The molecule has 0 aliphatic carbocycles. The molecule has 0 aromatic carbocycles. The summed E-state index contributed by atoms with van der Waals surface area (Å²) in [6, 6.07) is 0. The molecule has 1 aliphatic heterocycles. The van der Waals surface area contributed by atoms with Gasteiger partial charge in [-0.1, -0.05) is 0 Å². The van der Waals surface area contributed by atoms with Gasteiger partial charge in [0.15, 0.2) is 0 Å². The van der Waals surface area contributed by atoms with Crippen LogP contribution in [-0.4, -0.2) is 36.7 Å². The number of hydrogen-bond donors (Lipinski definition) is 1. The van der Waals surface area contributed by atoms with Crippen LogP contribution in [0.4, 0.5) is 0 Å². The third kappa shape index (κ3) is 4.86. The fourth-order valence-electron chi connectivity index (χ4n) is 1.50. The summed E-state index contributed by atoms with van der Waals surface area (Å²) in [5.41, 5.74) is 0. The Morgan fingerprint density at radius 1 is 1.50 bits per heavy atom. The standard InChI is InChI=1S/C10H19NO2S/c1-2-13-10(12)5-8-14-9-3-6-11-7-4-9/h9,11H,2-8H2,1H3. The molecule has 0 bridgehead atoms. The normalized spacial score (nSPS) is 18.1. The van der Waals surface area contributed by atoms with Crippen LogP contribution in [0.25, 0.3) is 0 Å². The number of thioether (sulfide) groups is 1. The summed E-state index contributed by atoms with van der Waals surface area (Å²) in [6.07, 6.45) is 3.02. The van der Waals surface area contributed by atoms with Gasteiger partial charge in [-0.05, 0) is 32.9 Å². The average Bonchev–Trinajstić information content (AvgIpc) is 2.20. The largest absolute Gasteiger partial charge is 0.466 e. The first-order valence-corrected chi connectivity index (χ1v) is 6.35. The van der Waals surface area contributed by atoms with Crippen LogP contribution in [-0.2, 0) is 9.53 Å². The summed E-state index contributed by atoms with van der Waals surface area (Å²) in [7, 11) is 0. The number of piperidine rings is 1. The smallest absolute Gasteiger partial charge is 0.306 e. The van der Waals surface area contributed by atoms with Gasteiger partial charge in [0.1, 0.15) is 0 Å². The predicted octanol–water partition coefficient (Wildman–Crippen LogP) is 1.42. The molecule has 1 aliphatic rings. The number of carbonyl (C=O) groups is 1. The van der Waals surface area contributed by atoms with Crippen molar-refractivity contribution in [3.63, 3.8) is 0 Å². The molecular formula is C10H19NO2S. The number of esters is 1. The van der Waals surface area contributed by atoms with Crippen LogP contribution in [0.2, 0.25) is 0 Å². The van der Waals surface area contributed by atoms with Gasteiger partial charge in [0.2, 0.25) is 0 Å². The second kappa shape index (κ2) is 7.12. The Morgan fingerprint density at radius 2 is 2.21 bits per heavy atom. The minimum atomic E-state index is -0.0612. The zero-order valence-electron chi connectivity index (χ0n) is 8.75. The van der Waals surface area contributed by atoms with Gasteiger partial charge in [-0.15, -0.1) is 0 Å². The molecule has 1 rings (SSSR count). The summed E-state index contributed by atoms with van der Waals surface area (Å²) in [5.74, 6) is 0.845. The first-order chi connectivity index (χ1) is 6.83. The molecule has 1 N–H and O–H groups in total. The first kappa shape index (κ1) is 11.9. The van der Waals surface area contributed by atoms with Crippen molar-refractivity contribution >= 4 is 17.7 Å². The molecule has 82 valence electrons. The number of rotatable bonds is 5. The zero-order chi connectivity index (χ0) is 10.2. The molecule has 0 aromatic rings. The Bertz CT molecular complexity index is 170. The van der Waals surface area contributed by atoms with Gasteiger partial charge in [0.05, 0.1) is 13.0 Å². The molecule has 0 amide bonds. The molecule has 0 saturated carbocycles. The summed E-state index contributed by atoms with van der Waals surface area (Å²) in [6.45, 7) is 4.59. The van der Waals surface area contributed by atoms with Gasteiger partial charge in [0.25, 0.3) is 0 Å². The molecule has 1 heterocycles. The quantitative estimate of drug-likeness (QED) is 0.707. The fraction of sp³-hybridized carbons (Fsp3) is 0.900. The highest BCUT2D eigenvalue weighted by molar-refractivity contribution is 7.99. The van der Waals surface area contributed by atoms with Gasteiger partial charge >= 0.3 is 5.97 Å². The molecule has 3 nitrogen and oxygen atoms in total. The van der Waals surface area contributed by atoms with E-state index in [0.29, 0.717) is 13.0 Å². The van der Waals surface area contributed by atoms with Crippen molar-refractivity contribution in [1.82, 2.24) is 5.32 Å². The minimum absolute atomic E-state index is 0.0612. The summed E-state index contributed by atoms with van der Waals surface area (Å²) < 4.78 is 4.87. The van der Waals surface area contributed by atoms with E-state index in [0.717, 1.165) is 24.1 Å². The second-order valence-electron chi connectivity index (χ2n) is 3.38. The maximum Gasteiger partial charge on any atom is 0.306 e. The lowest BCUT2D eigenvalue weighted by molar-refractivity contribution is -0.142. The monoisotopic (exact) mass is 217 g/mol. The van der Waals surface area contributed by atoms with Gasteiger partial charge < -0.3 is 10.1 Å². The molecule has 0 radical (unpaired) electrons. The maximum absolute atomic E-state index is 11.0. The van der Waals surface area contributed by atoms with Crippen molar-refractivity contribution in [2.45, 2.75) is 31.4 Å². The van der Waals surface area contributed by atoms with E-state index in [9.17, 15) is 4.79 Å². The van der Waals surface area contributed by atoms with Crippen molar-refractivity contribution in [1.29, 1.82) is 0 Å². The first-order valence-electron chi connectivity index (χ1n) is 5.31. The topological polar surface area (TPSA) is 38.3 Å². The Balaban J connectivity index is 1.99. The van der Waals surface area contributed by atoms with Gasteiger partial charge in [-0.3, -0.25) is 4.79 Å². The molecular weight excluding hydrogens is 198 g/mol. The van der Waals surface area contributed by atoms with Crippen LogP contribution in [0.15, 0.2) is 0 Å². The van der Waals surface area contributed by atoms with Crippen LogP contribution >= 0.6 is 11.8 Å². The molecule has 14 heavy (non-hydrogen) atoms. The van der Waals surface area contributed by atoms with E-state index in [1.807, 2.05) is 18.7 Å². The lowest BCUT2D eigenvalue weighted by Gasteiger charge is -2.21.